The van der Waals surface area contributed by atoms with E-state index in [1.807, 2.05) is 41.5 Å². The van der Waals surface area contributed by atoms with Gasteiger partial charge in [-0.2, -0.15) is 0 Å². The first kappa shape index (κ1) is 26.4. The van der Waals surface area contributed by atoms with Crippen LogP contribution < -0.4 is 0 Å². The maximum Gasteiger partial charge on any atom is 0.411 e. The van der Waals surface area contributed by atoms with E-state index in [4.69, 9.17) is 14.2 Å². The van der Waals surface area contributed by atoms with Crippen LogP contribution in [0.3, 0.4) is 0 Å². The number of carbonyl (C=O) groups excluding carboxylic acids is 3. The van der Waals surface area contributed by atoms with Gasteiger partial charge in [0.2, 0.25) is 0 Å². The van der Waals surface area contributed by atoms with Gasteiger partial charge in [0.25, 0.3) is 5.91 Å². The van der Waals surface area contributed by atoms with Crippen molar-refractivity contribution in [3.8, 4) is 0 Å². The number of likely N-dealkylation sites (tertiary alicyclic amines) is 2. The molecule has 0 saturated carbocycles. The summed E-state index contributed by atoms with van der Waals surface area (Å²) in [6.07, 6.45) is 3.83. The van der Waals surface area contributed by atoms with Crippen LogP contribution in [0.2, 0.25) is 0 Å². The second kappa shape index (κ2) is 10.9. The fraction of sp³-hybridized carbons (Fsp3) is 0.875. The zero-order valence-electron chi connectivity index (χ0n) is 20.9. The van der Waals surface area contributed by atoms with Gasteiger partial charge in [0.05, 0.1) is 18.8 Å². The van der Waals surface area contributed by atoms with Gasteiger partial charge in [0, 0.05) is 13.2 Å². The lowest BCUT2D eigenvalue weighted by atomic mass is 9.75. The van der Waals surface area contributed by atoms with Gasteiger partial charge in [0.15, 0.2) is 6.04 Å². The lowest BCUT2D eigenvalue weighted by molar-refractivity contribution is -0.191. The molecule has 0 N–H and O–H groups in total. The van der Waals surface area contributed by atoms with Crippen molar-refractivity contribution in [3.63, 3.8) is 0 Å². The molecule has 8 heteroatoms. The Labute approximate surface area is 192 Å². The molecule has 2 aliphatic heterocycles. The molecule has 2 rings (SSSR count). The van der Waals surface area contributed by atoms with E-state index in [1.165, 1.54) is 0 Å². The van der Waals surface area contributed by atoms with E-state index < -0.39 is 35.3 Å². The van der Waals surface area contributed by atoms with Crippen LogP contribution in [-0.2, 0) is 23.8 Å². The summed E-state index contributed by atoms with van der Waals surface area (Å²) in [4.78, 5) is 42.6. The smallest absolute Gasteiger partial charge is 0.411 e. The third-order valence-corrected chi connectivity index (χ3v) is 6.36. The Kier molecular flexibility index (Phi) is 8.97. The first-order chi connectivity index (χ1) is 15.0. The first-order valence-electron chi connectivity index (χ1n) is 12.1. The molecule has 2 fully saturated rings. The molecule has 2 heterocycles. The maximum atomic E-state index is 13.6. The fourth-order valence-electron chi connectivity index (χ4n) is 4.62. The van der Waals surface area contributed by atoms with Gasteiger partial charge in [-0.25, -0.2) is 9.59 Å². The van der Waals surface area contributed by atoms with Crippen LogP contribution >= 0.6 is 0 Å². The van der Waals surface area contributed by atoms with Crippen molar-refractivity contribution in [2.75, 3.05) is 19.8 Å². The standard InChI is InChI=1S/C24H42N2O6/c1-8-10-15-30-17(3)19(20(27)31-16-11-9-2)26-18(4)24(21(26)28)13-12-14-25(24)22(29)32-23(5,6)7/h17-19H,8-16H2,1-7H3/t17-,18?,19+,24?/m1/s1. The Balaban J connectivity index is 2.23. The predicted molar refractivity (Wildman–Crippen MR) is 121 cm³/mol. The highest BCUT2D eigenvalue weighted by molar-refractivity contribution is 6.00. The lowest BCUT2D eigenvalue weighted by Crippen LogP contribution is -2.81. The van der Waals surface area contributed by atoms with Gasteiger partial charge in [-0.3, -0.25) is 9.69 Å². The van der Waals surface area contributed by atoms with E-state index in [0.29, 0.717) is 26.2 Å². The van der Waals surface area contributed by atoms with Crippen molar-refractivity contribution in [1.29, 1.82) is 0 Å². The van der Waals surface area contributed by atoms with Crippen molar-refractivity contribution in [2.24, 2.45) is 0 Å². The first-order valence-corrected chi connectivity index (χ1v) is 12.1. The average Bonchev–Trinajstić information content (AvgIpc) is 3.18. The molecule has 184 valence electrons. The lowest BCUT2D eigenvalue weighted by Gasteiger charge is -2.58. The summed E-state index contributed by atoms with van der Waals surface area (Å²) >= 11 is 0. The Hall–Kier alpha value is -1.83. The summed E-state index contributed by atoms with van der Waals surface area (Å²) in [6.45, 7) is 14.5. The van der Waals surface area contributed by atoms with Crippen molar-refractivity contribution in [2.45, 2.75) is 116 Å². The van der Waals surface area contributed by atoms with E-state index in [-0.39, 0.29) is 11.9 Å². The number of β-lactam (4-membered cyclic amide) rings is 1. The topological polar surface area (TPSA) is 85.4 Å². The molecule has 32 heavy (non-hydrogen) atoms. The molecule has 0 aromatic rings. The Morgan fingerprint density at radius 3 is 2.34 bits per heavy atom. The molecule has 2 amide bonds. The molecule has 0 aliphatic carbocycles. The normalized spacial score (nSPS) is 25.0. The van der Waals surface area contributed by atoms with Crippen LogP contribution in [0, 0.1) is 0 Å². The summed E-state index contributed by atoms with van der Waals surface area (Å²) in [6, 6.07) is -1.18. The molecule has 1 spiro atoms. The Morgan fingerprint density at radius 1 is 1.16 bits per heavy atom. The molecule has 0 bridgehead atoms. The minimum Gasteiger partial charge on any atom is -0.464 e. The highest BCUT2D eigenvalue weighted by Crippen LogP contribution is 2.46. The predicted octanol–water partition coefficient (Wildman–Crippen LogP) is 3.90. The van der Waals surface area contributed by atoms with Crippen LogP contribution in [0.15, 0.2) is 0 Å². The van der Waals surface area contributed by atoms with E-state index in [0.717, 1.165) is 32.1 Å². The van der Waals surface area contributed by atoms with Crippen LogP contribution in [0.25, 0.3) is 0 Å². The highest BCUT2D eigenvalue weighted by atomic mass is 16.6. The quantitative estimate of drug-likeness (QED) is 0.283. The summed E-state index contributed by atoms with van der Waals surface area (Å²) in [5, 5.41) is 0. The van der Waals surface area contributed by atoms with Gasteiger partial charge in [0.1, 0.15) is 11.1 Å². The van der Waals surface area contributed by atoms with Gasteiger partial charge in [-0.05, 0) is 60.3 Å². The second-order valence-corrected chi connectivity index (χ2v) is 9.94. The number of hydrogen-bond acceptors (Lipinski definition) is 6. The third kappa shape index (κ3) is 5.38. The van der Waals surface area contributed by atoms with Crippen molar-refractivity contribution in [1.82, 2.24) is 9.80 Å². The van der Waals surface area contributed by atoms with Crippen LogP contribution in [0.5, 0.6) is 0 Å². The molecule has 4 atom stereocenters. The summed E-state index contributed by atoms with van der Waals surface area (Å²) in [5.74, 6) is -0.670. The average molecular weight is 455 g/mol. The monoisotopic (exact) mass is 454 g/mol. The van der Waals surface area contributed by atoms with Crippen LogP contribution in [-0.4, -0.2) is 76.9 Å². The molecule has 8 nitrogen and oxygen atoms in total. The SMILES string of the molecule is CCCCOC(=O)[C@H]([C@@H](C)OCCCC)N1C(=O)C2(CCCN2C(=O)OC(C)(C)C)C1C. The summed E-state index contributed by atoms with van der Waals surface area (Å²) < 4.78 is 17.0. The minimum absolute atomic E-state index is 0.225. The van der Waals surface area contributed by atoms with E-state index in [1.54, 1.807) is 9.80 Å². The number of hydrogen-bond donors (Lipinski definition) is 0. The van der Waals surface area contributed by atoms with Crippen molar-refractivity contribution >= 4 is 18.0 Å². The molecule has 2 saturated heterocycles. The zero-order valence-corrected chi connectivity index (χ0v) is 20.9. The number of unbranched alkanes of at least 4 members (excludes halogenated alkanes) is 2. The third-order valence-electron chi connectivity index (χ3n) is 6.36. The maximum absolute atomic E-state index is 13.6. The zero-order chi connectivity index (χ0) is 24.1. The Morgan fingerprint density at radius 2 is 1.78 bits per heavy atom. The van der Waals surface area contributed by atoms with Gasteiger partial charge in [-0.15, -0.1) is 0 Å². The largest absolute Gasteiger partial charge is 0.464 e. The Bertz CT molecular complexity index is 676. The van der Waals surface area contributed by atoms with E-state index in [9.17, 15) is 14.4 Å². The summed E-state index contributed by atoms with van der Waals surface area (Å²) in [5.41, 5.74) is -1.61. The van der Waals surface area contributed by atoms with Gasteiger partial charge < -0.3 is 19.1 Å². The fourth-order valence-corrected chi connectivity index (χ4v) is 4.62. The van der Waals surface area contributed by atoms with Gasteiger partial charge in [-0.1, -0.05) is 26.7 Å². The molecular weight excluding hydrogens is 412 g/mol. The number of rotatable bonds is 10. The van der Waals surface area contributed by atoms with Crippen molar-refractivity contribution in [3.05, 3.63) is 0 Å². The second-order valence-electron chi connectivity index (χ2n) is 9.94. The highest BCUT2D eigenvalue weighted by Gasteiger charge is 2.68. The molecule has 0 aromatic carbocycles. The van der Waals surface area contributed by atoms with Crippen LogP contribution in [0.1, 0.15) is 87.0 Å². The van der Waals surface area contributed by atoms with E-state index in [2.05, 4.69) is 6.92 Å². The molecule has 0 radical (unpaired) electrons. The number of carbonyl (C=O) groups is 3. The molecule has 2 aliphatic rings. The molecule has 2 unspecified atom stereocenters. The number of ether oxygens (including phenoxy) is 3. The van der Waals surface area contributed by atoms with Gasteiger partial charge >= 0.3 is 12.1 Å². The van der Waals surface area contributed by atoms with Crippen molar-refractivity contribution < 1.29 is 28.6 Å². The van der Waals surface area contributed by atoms with Crippen LogP contribution in [0.4, 0.5) is 4.79 Å². The number of esters is 1. The molecule has 0 aromatic heterocycles. The van der Waals surface area contributed by atoms with E-state index >= 15 is 0 Å². The summed E-state index contributed by atoms with van der Waals surface area (Å²) in [7, 11) is 0. The number of nitrogens with zero attached hydrogens (tertiary/aromatic N) is 2. The minimum atomic E-state index is -0.965. The number of amides is 2. The molecular formula is C24H42N2O6.